The lowest BCUT2D eigenvalue weighted by Gasteiger charge is -1.98. The second-order valence-electron chi connectivity index (χ2n) is 3.14. The molecule has 1 heterocycles. The fraction of sp³-hybridized carbons (Fsp3) is 0.273. The van der Waals surface area contributed by atoms with Gasteiger partial charge >= 0.3 is 0 Å². The molecule has 0 aliphatic carbocycles. The number of benzene rings is 1. The summed E-state index contributed by atoms with van der Waals surface area (Å²) in [5, 5.41) is 10.8. The van der Waals surface area contributed by atoms with Gasteiger partial charge in [0, 0.05) is 12.5 Å². The summed E-state index contributed by atoms with van der Waals surface area (Å²) in [6, 6.07) is 2.89. The van der Waals surface area contributed by atoms with Crippen LogP contribution in [0.15, 0.2) is 12.1 Å². The first-order valence-corrected chi connectivity index (χ1v) is 4.79. The van der Waals surface area contributed by atoms with Gasteiger partial charge in [0.1, 0.15) is 5.56 Å². The molecule has 0 radical (unpaired) electrons. The molecule has 2 rings (SSSR count). The van der Waals surface area contributed by atoms with Crippen LogP contribution in [-0.2, 0) is 0 Å². The van der Waals surface area contributed by atoms with Gasteiger partial charge in [-0.2, -0.15) is 0 Å². The SMILES string of the molecule is CCC#Cc1cc2c(cc1[N+](=O)[O-])OCO2. The molecule has 1 aliphatic rings. The molecule has 0 aromatic heterocycles. The Morgan fingerprint density at radius 2 is 2.12 bits per heavy atom. The van der Waals surface area contributed by atoms with Gasteiger partial charge in [-0.15, -0.1) is 0 Å². The molecular weight excluding hydrogens is 210 g/mol. The van der Waals surface area contributed by atoms with E-state index in [1.807, 2.05) is 6.92 Å². The Labute approximate surface area is 92.1 Å². The molecule has 16 heavy (non-hydrogen) atoms. The van der Waals surface area contributed by atoms with E-state index in [0.29, 0.717) is 23.5 Å². The fourth-order valence-electron chi connectivity index (χ4n) is 1.37. The third-order valence-electron chi connectivity index (χ3n) is 2.09. The van der Waals surface area contributed by atoms with E-state index in [0.717, 1.165) is 0 Å². The third kappa shape index (κ3) is 1.77. The van der Waals surface area contributed by atoms with E-state index >= 15 is 0 Å². The van der Waals surface area contributed by atoms with Gasteiger partial charge in [0.25, 0.3) is 5.69 Å². The molecule has 0 fully saturated rings. The van der Waals surface area contributed by atoms with Crippen LogP contribution < -0.4 is 9.47 Å². The summed E-state index contributed by atoms with van der Waals surface area (Å²) in [5.41, 5.74) is 0.307. The molecule has 0 saturated carbocycles. The van der Waals surface area contributed by atoms with E-state index in [-0.39, 0.29) is 12.5 Å². The summed E-state index contributed by atoms with van der Waals surface area (Å²) >= 11 is 0. The largest absolute Gasteiger partial charge is 0.454 e. The first-order valence-electron chi connectivity index (χ1n) is 4.79. The topological polar surface area (TPSA) is 61.6 Å². The quantitative estimate of drug-likeness (QED) is 0.412. The summed E-state index contributed by atoms with van der Waals surface area (Å²) in [6.07, 6.45) is 0.644. The summed E-state index contributed by atoms with van der Waals surface area (Å²) < 4.78 is 10.2. The highest BCUT2D eigenvalue weighted by Gasteiger charge is 2.22. The number of fused-ring (bicyclic) bond motifs is 1. The average molecular weight is 219 g/mol. The number of hydrogen-bond donors (Lipinski definition) is 0. The highest BCUT2D eigenvalue weighted by molar-refractivity contribution is 5.60. The summed E-state index contributed by atoms with van der Waals surface area (Å²) in [4.78, 5) is 10.4. The van der Waals surface area contributed by atoms with Crippen LogP contribution in [0.2, 0.25) is 0 Å². The molecule has 5 nitrogen and oxygen atoms in total. The lowest BCUT2D eigenvalue weighted by Crippen LogP contribution is -1.93. The molecule has 5 heteroatoms. The van der Waals surface area contributed by atoms with Gasteiger partial charge in [-0.25, -0.2) is 0 Å². The molecular formula is C11H9NO4. The van der Waals surface area contributed by atoms with Gasteiger partial charge in [-0.05, 0) is 0 Å². The number of nitrogens with zero attached hydrogens (tertiary/aromatic N) is 1. The minimum absolute atomic E-state index is 0.0507. The van der Waals surface area contributed by atoms with Crippen molar-refractivity contribution in [3.05, 3.63) is 27.8 Å². The van der Waals surface area contributed by atoms with Crippen molar-refractivity contribution in [3.63, 3.8) is 0 Å². The molecule has 0 bridgehead atoms. The smallest absolute Gasteiger partial charge is 0.288 e. The monoisotopic (exact) mass is 219 g/mol. The van der Waals surface area contributed by atoms with E-state index in [2.05, 4.69) is 11.8 Å². The van der Waals surface area contributed by atoms with Gasteiger partial charge in [0.15, 0.2) is 11.5 Å². The minimum atomic E-state index is -0.471. The van der Waals surface area contributed by atoms with Crippen LogP contribution in [-0.4, -0.2) is 11.7 Å². The van der Waals surface area contributed by atoms with Gasteiger partial charge in [-0.1, -0.05) is 18.8 Å². The van der Waals surface area contributed by atoms with E-state index in [9.17, 15) is 10.1 Å². The van der Waals surface area contributed by atoms with Crippen molar-refractivity contribution >= 4 is 5.69 Å². The minimum Gasteiger partial charge on any atom is -0.454 e. The van der Waals surface area contributed by atoms with Gasteiger partial charge in [0.05, 0.1) is 11.0 Å². The maximum atomic E-state index is 10.8. The predicted molar refractivity (Wildman–Crippen MR) is 56.4 cm³/mol. The normalized spacial score (nSPS) is 11.8. The molecule has 0 spiro atoms. The predicted octanol–water partition coefficient (Wildman–Crippen LogP) is 2.08. The molecule has 0 saturated heterocycles. The molecule has 0 unspecified atom stereocenters. The van der Waals surface area contributed by atoms with Crippen LogP contribution >= 0.6 is 0 Å². The Morgan fingerprint density at radius 3 is 2.75 bits per heavy atom. The summed E-state index contributed by atoms with van der Waals surface area (Å²) in [6.45, 7) is 1.98. The number of nitro benzene ring substituents is 1. The van der Waals surface area contributed by atoms with Crippen molar-refractivity contribution in [1.29, 1.82) is 0 Å². The second-order valence-corrected chi connectivity index (χ2v) is 3.14. The van der Waals surface area contributed by atoms with E-state index in [4.69, 9.17) is 9.47 Å². The summed E-state index contributed by atoms with van der Waals surface area (Å²) in [5.74, 6) is 6.45. The molecule has 1 aromatic rings. The van der Waals surface area contributed by atoms with Crippen LogP contribution in [0.4, 0.5) is 5.69 Å². The number of hydrogen-bond acceptors (Lipinski definition) is 4. The Morgan fingerprint density at radius 1 is 1.44 bits per heavy atom. The lowest BCUT2D eigenvalue weighted by atomic mass is 10.1. The first kappa shape index (κ1) is 10.3. The van der Waals surface area contributed by atoms with Crippen LogP contribution in [0.1, 0.15) is 18.9 Å². The third-order valence-corrected chi connectivity index (χ3v) is 2.09. The van der Waals surface area contributed by atoms with Gasteiger partial charge in [0.2, 0.25) is 6.79 Å². The highest BCUT2D eigenvalue weighted by Crippen LogP contribution is 2.37. The van der Waals surface area contributed by atoms with Crippen molar-refractivity contribution in [2.45, 2.75) is 13.3 Å². The molecule has 1 aliphatic heterocycles. The number of nitro groups is 1. The Kier molecular flexibility index (Phi) is 2.64. The zero-order valence-corrected chi connectivity index (χ0v) is 8.65. The van der Waals surface area contributed by atoms with Crippen LogP contribution in [0, 0.1) is 22.0 Å². The zero-order chi connectivity index (χ0) is 11.5. The van der Waals surface area contributed by atoms with Gasteiger partial charge in [-0.3, -0.25) is 10.1 Å². The molecule has 0 N–H and O–H groups in total. The Hall–Kier alpha value is -2.22. The maximum absolute atomic E-state index is 10.8. The highest BCUT2D eigenvalue weighted by atomic mass is 16.7. The van der Waals surface area contributed by atoms with E-state index < -0.39 is 4.92 Å². The number of rotatable bonds is 1. The Balaban J connectivity index is 2.53. The van der Waals surface area contributed by atoms with Crippen molar-refractivity contribution in [2.75, 3.05) is 6.79 Å². The van der Waals surface area contributed by atoms with Crippen LogP contribution in [0.25, 0.3) is 0 Å². The van der Waals surface area contributed by atoms with E-state index in [1.54, 1.807) is 6.07 Å². The zero-order valence-electron chi connectivity index (χ0n) is 8.65. The molecule has 1 aromatic carbocycles. The van der Waals surface area contributed by atoms with Gasteiger partial charge < -0.3 is 9.47 Å². The fourth-order valence-corrected chi connectivity index (χ4v) is 1.37. The Bertz CT molecular complexity index is 499. The van der Waals surface area contributed by atoms with Crippen molar-refractivity contribution in [3.8, 4) is 23.3 Å². The van der Waals surface area contributed by atoms with E-state index in [1.165, 1.54) is 6.07 Å². The number of ether oxygens (including phenoxy) is 2. The van der Waals surface area contributed by atoms with Crippen molar-refractivity contribution in [1.82, 2.24) is 0 Å². The first-order chi connectivity index (χ1) is 7.72. The molecule has 0 amide bonds. The van der Waals surface area contributed by atoms with Crippen molar-refractivity contribution in [2.24, 2.45) is 0 Å². The molecule has 82 valence electrons. The van der Waals surface area contributed by atoms with Crippen molar-refractivity contribution < 1.29 is 14.4 Å². The van der Waals surface area contributed by atoms with Crippen LogP contribution in [0.5, 0.6) is 11.5 Å². The summed E-state index contributed by atoms with van der Waals surface area (Å²) in [7, 11) is 0. The lowest BCUT2D eigenvalue weighted by molar-refractivity contribution is -0.385. The maximum Gasteiger partial charge on any atom is 0.288 e. The second kappa shape index (κ2) is 4.11. The van der Waals surface area contributed by atoms with Crippen LogP contribution in [0.3, 0.4) is 0 Å². The average Bonchev–Trinajstić information content (AvgIpc) is 2.71. The molecule has 0 atom stereocenters. The standard InChI is InChI=1S/C11H9NO4/c1-2-3-4-8-5-10-11(16-7-15-10)6-9(8)12(13)14/h5-6H,2,7H2,1H3.